The minimum atomic E-state index is -0.200. The van der Waals surface area contributed by atoms with Crippen LogP contribution in [0.1, 0.15) is 6.42 Å². The lowest BCUT2D eigenvalue weighted by atomic mass is 10.0. The van der Waals surface area contributed by atoms with Gasteiger partial charge in [0.1, 0.15) is 0 Å². The number of methoxy groups -OCH3 is 1. The van der Waals surface area contributed by atoms with E-state index in [2.05, 4.69) is 0 Å². The first-order valence-corrected chi connectivity index (χ1v) is 3.12. The van der Waals surface area contributed by atoms with E-state index < -0.39 is 0 Å². The Bertz CT molecular complexity index is 89.1. The predicted molar refractivity (Wildman–Crippen MR) is 34.2 cm³/mol. The molecule has 0 aliphatic carbocycles. The lowest BCUT2D eigenvalue weighted by Gasteiger charge is -2.19. The van der Waals surface area contributed by atoms with E-state index in [1.54, 1.807) is 7.11 Å². The van der Waals surface area contributed by atoms with Crippen molar-refractivity contribution in [2.75, 3.05) is 26.9 Å². The van der Waals surface area contributed by atoms with Crippen molar-refractivity contribution in [2.24, 2.45) is 5.73 Å². The minimum absolute atomic E-state index is 0.200. The molecule has 1 heterocycles. The summed E-state index contributed by atoms with van der Waals surface area (Å²) in [5.41, 5.74) is 5.62. The fourth-order valence-electron chi connectivity index (χ4n) is 1.02. The molecule has 1 aliphatic rings. The molecule has 9 heavy (non-hydrogen) atoms. The first kappa shape index (κ1) is 6.99. The van der Waals surface area contributed by atoms with Crippen LogP contribution in [0.2, 0.25) is 0 Å². The quantitative estimate of drug-likeness (QED) is 0.562. The standard InChI is InChI=1S/C6H13NO2/c1-8-4-6(7)2-3-9-5-6/h2-5,7H2,1H3/t6-/m1/s1. The smallest absolute Gasteiger partial charge is 0.0669 e. The van der Waals surface area contributed by atoms with Crippen molar-refractivity contribution >= 4 is 0 Å². The molecule has 54 valence electrons. The zero-order valence-electron chi connectivity index (χ0n) is 5.72. The van der Waals surface area contributed by atoms with Gasteiger partial charge in [-0.05, 0) is 6.42 Å². The summed E-state index contributed by atoms with van der Waals surface area (Å²) in [7, 11) is 1.66. The second kappa shape index (κ2) is 2.64. The number of ether oxygens (including phenoxy) is 2. The first-order chi connectivity index (χ1) is 4.27. The molecule has 0 amide bonds. The average molecular weight is 131 g/mol. The maximum atomic E-state index is 5.82. The van der Waals surface area contributed by atoms with E-state index >= 15 is 0 Å². The summed E-state index contributed by atoms with van der Waals surface area (Å²) in [6.07, 6.45) is 0.918. The molecule has 0 aromatic rings. The minimum Gasteiger partial charge on any atom is -0.383 e. The van der Waals surface area contributed by atoms with Crippen LogP contribution in [0.5, 0.6) is 0 Å². The zero-order valence-corrected chi connectivity index (χ0v) is 5.72. The molecule has 1 rings (SSSR count). The Morgan fingerprint density at radius 1 is 1.78 bits per heavy atom. The van der Waals surface area contributed by atoms with Gasteiger partial charge >= 0.3 is 0 Å². The van der Waals surface area contributed by atoms with E-state index in [4.69, 9.17) is 15.2 Å². The lowest BCUT2D eigenvalue weighted by molar-refractivity contribution is 0.111. The number of nitrogens with two attached hydrogens (primary N) is 1. The van der Waals surface area contributed by atoms with Gasteiger partial charge in [-0.15, -0.1) is 0 Å². The summed E-state index contributed by atoms with van der Waals surface area (Å²) >= 11 is 0. The second-order valence-electron chi connectivity index (χ2n) is 2.60. The fraction of sp³-hybridized carbons (Fsp3) is 1.00. The van der Waals surface area contributed by atoms with Crippen molar-refractivity contribution in [1.29, 1.82) is 0 Å². The number of rotatable bonds is 2. The average Bonchev–Trinajstić information content (AvgIpc) is 2.16. The van der Waals surface area contributed by atoms with Gasteiger partial charge in [0.25, 0.3) is 0 Å². The molecular weight excluding hydrogens is 118 g/mol. The van der Waals surface area contributed by atoms with E-state index in [1.165, 1.54) is 0 Å². The molecule has 2 N–H and O–H groups in total. The van der Waals surface area contributed by atoms with E-state index in [9.17, 15) is 0 Å². The molecule has 3 heteroatoms. The third-order valence-corrected chi connectivity index (χ3v) is 1.57. The molecule has 3 nitrogen and oxygen atoms in total. The third-order valence-electron chi connectivity index (χ3n) is 1.57. The molecular formula is C6H13NO2. The molecule has 0 saturated carbocycles. The largest absolute Gasteiger partial charge is 0.383 e. The number of hydrogen-bond donors (Lipinski definition) is 1. The summed E-state index contributed by atoms with van der Waals surface area (Å²) in [4.78, 5) is 0. The van der Waals surface area contributed by atoms with Gasteiger partial charge in [0.05, 0.1) is 18.8 Å². The Hall–Kier alpha value is -0.120. The van der Waals surface area contributed by atoms with Crippen LogP contribution in [0.3, 0.4) is 0 Å². The zero-order chi connectivity index (χ0) is 6.74. The number of hydrogen-bond acceptors (Lipinski definition) is 3. The lowest BCUT2D eigenvalue weighted by Crippen LogP contribution is -2.44. The van der Waals surface area contributed by atoms with Gasteiger partial charge in [-0.3, -0.25) is 0 Å². The van der Waals surface area contributed by atoms with Gasteiger partial charge in [0.2, 0.25) is 0 Å². The van der Waals surface area contributed by atoms with Crippen LogP contribution < -0.4 is 5.73 Å². The molecule has 0 spiro atoms. The van der Waals surface area contributed by atoms with Crippen molar-refractivity contribution < 1.29 is 9.47 Å². The molecule has 0 aromatic heterocycles. The third kappa shape index (κ3) is 1.64. The topological polar surface area (TPSA) is 44.5 Å². The highest BCUT2D eigenvalue weighted by Crippen LogP contribution is 2.14. The summed E-state index contributed by atoms with van der Waals surface area (Å²) < 4.78 is 10.0. The highest BCUT2D eigenvalue weighted by atomic mass is 16.5. The van der Waals surface area contributed by atoms with E-state index in [0.717, 1.165) is 13.0 Å². The van der Waals surface area contributed by atoms with Crippen LogP contribution in [0.4, 0.5) is 0 Å². The molecule has 0 bridgehead atoms. The van der Waals surface area contributed by atoms with Gasteiger partial charge in [-0.25, -0.2) is 0 Å². The highest BCUT2D eigenvalue weighted by Gasteiger charge is 2.29. The summed E-state index contributed by atoms with van der Waals surface area (Å²) in [5.74, 6) is 0. The van der Waals surface area contributed by atoms with Crippen molar-refractivity contribution in [1.82, 2.24) is 0 Å². The molecule has 1 saturated heterocycles. The van der Waals surface area contributed by atoms with Crippen LogP contribution >= 0.6 is 0 Å². The van der Waals surface area contributed by atoms with E-state index in [0.29, 0.717) is 13.2 Å². The van der Waals surface area contributed by atoms with Crippen molar-refractivity contribution in [3.05, 3.63) is 0 Å². The van der Waals surface area contributed by atoms with E-state index in [-0.39, 0.29) is 5.54 Å². The molecule has 0 radical (unpaired) electrons. The van der Waals surface area contributed by atoms with Crippen molar-refractivity contribution in [2.45, 2.75) is 12.0 Å². The fourth-order valence-corrected chi connectivity index (χ4v) is 1.02. The predicted octanol–water partition coefficient (Wildman–Crippen LogP) is -0.249. The van der Waals surface area contributed by atoms with Gasteiger partial charge in [0, 0.05) is 13.7 Å². The highest BCUT2D eigenvalue weighted by molar-refractivity contribution is 4.87. The summed E-state index contributed by atoms with van der Waals surface area (Å²) in [6.45, 7) is 2.02. The Labute approximate surface area is 55.1 Å². The van der Waals surface area contributed by atoms with Gasteiger partial charge in [-0.1, -0.05) is 0 Å². The molecule has 0 unspecified atom stereocenters. The Morgan fingerprint density at radius 2 is 2.56 bits per heavy atom. The van der Waals surface area contributed by atoms with Crippen LogP contribution in [-0.4, -0.2) is 32.5 Å². The van der Waals surface area contributed by atoms with Crippen molar-refractivity contribution in [3.8, 4) is 0 Å². The van der Waals surface area contributed by atoms with Crippen molar-refractivity contribution in [3.63, 3.8) is 0 Å². The van der Waals surface area contributed by atoms with Crippen LogP contribution in [0, 0.1) is 0 Å². The van der Waals surface area contributed by atoms with E-state index in [1.807, 2.05) is 0 Å². The maximum absolute atomic E-state index is 5.82. The maximum Gasteiger partial charge on any atom is 0.0669 e. The normalized spacial score (nSPS) is 35.3. The Balaban J connectivity index is 2.32. The second-order valence-corrected chi connectivity index (χ2v) is 2.60. The molecule has 1 fully saturated rings. The van der Waals surface area contributed by atoms with Gasteiger partial charge in [-0.2, -0.15) is 0 Å². The molecule has 0 aromatic carbocycles. The van der Waals surface area contributed by atoms with Gasteiger partial charge in [0.15, 0.2) is 0 Å². The molecule has 1 aliphatic heterocycles. The Morgan fingerprint density at radius 3 is 3.00 bits per heavy atom. The monoisotopic (exact) mass is 131 g/mol. The summed E-state index contributed by atoms with van der Waals surface area (Å²) in [5, 5.41) is 0. The summed E-state index contributed by atoms with van der Waals surface area (Å²) in [6, 6.07) is 0. The first-order valence-electron chi connectivity index (χ1n) is 3.12. The molecule has 1 atom stereocenters. The van der Waals surface area contributed by atoms with Gasteiger partial charge < -0.3 is 15.2 Å². The Kier molecular flexibility index (Phi) is 2.05. The van der Waals surface area contributed by atoms with Crippen LogP contribution in [0.25, 0.3) is 0 Å². The van der Waals surface area contributed by atoms with Crippen LogP contribution in [-0.2, 0) is 9.47 Å². The van der Waals surface area contributed by atoms with Crippen LogP contribution in [0.15, 0.2) is 0 Å². The SMILES string of the molecule is COC[C@]1(N)CCOC1.